The number of halogens is 3. The Labute approximate surface area is 211 Å². The van der Waals surface area contributed by atoms with Crippen molar-refractivity contribution >= 4 is 29.3 Å². The zero-order valence-corrected chi connectivity index (χ0v) is 21.2. The monoisotopic (exact) mass is 519 g/mol. The summed E-state index contributed by atoms with van der Waals surface area (Å²) in [6.07, 6.45) is -4.49. The van der Waals surface area contributed by atoms with Crippen LogP contribution in [-0.2, 0) is 17.5 Å². The molecule has 3 aromatic rings. The van der Waals surface area contributed by atoms with Crippen molar-refractivity contribution < 1.29 is 22.8 Å². The molecule has 36 heavy (non-hydrogen) atoms. The maximum absolute atomic E-state index is 12.9. The molecule has 0 spiro atoms. The molecule has 0 radical (unpaired) electrons. The molecule has 11 heteroatoms. The number of carbonyl (C=O) groups is 2. The summed E-state index contributed by atoms with van der Waals surface area (Å²) < 4.78 is 40.6. The van der Waals surface area contributed by atoms with Crippen molar-refractivity contribution in [2.75, 3.05) is 11.1 Å². The minimum absolute atomic E-state index is 0.00955. The summed E-state index contributed by atoms with van der Waals surface area (Å²) in [4.78, 5) is 25.3. The van der Waals surface area contributed by atoms with Gasteiger partial charge in [0.25, 0.3) is 5.91 Å². The number of aryl methyl sites for hydroxylation is 1. The van der Waals surface area contributed by atoms with E-state index >= 15 is 0 Å². The Bertz CT molecular complexity index is 1230. The van der Waals surface area contributed by atoms with Crippen molar-refractivity contribution in [1.29, 1.82) is 0 Å². The number of thioether (sulfide) groups is 1. The zero-order valence-electron chi connectivity index (χ0n) is 20.4. The largest absolute Gasteiger partial charge is 0.416 e. The predicted molar refractivity (Wildman–Crippen MR) is 133 cm³/mol. The van der Waals surface area contributed by atoms with E-state index in [1.165, 1.54) is 12.1 Å². The van der Waals surface area contributed by atoms with Crippen LogP contribution in [0.2, 0.25) is 0 Å². The smallest absolute Gasteiger partial charge is 0.342 e. The van der Waals surface area contributed by atoms with E-state index < -0.39 is 23.7 Å². The van der Waals surface area contributed by atoms with Gasteiger partial charge in [0.15, 0.2) is 11.0 Å². The molecule has 0 aliphatic heterocycles. The molecule has 2 aromatic carbocycles. The van der Waals surface area contributed by atoms with E-state index in [1.54, 1.807) is 6.07 Å². The Balaban J connectivity index is 1.70. The molecule has 0 bridgehead atoms. The van der Waals surface area contributed by atoms with Crippen LogP contribution in [0.3, 0.4) is 0 Å². The van der Waals surface area contributed by atoms with E-state index in [0.29, 0.717) is 23.1 Å². The van der Waals surface area contributed by atoms with Gasteiger partial charge in [0, 0.05) is 17.8 Å². The van der Waals surface area contributed by atoms with Gasteiger partial charge in [0.1, 0.15) is 0 Å². The summed E-state index contributed by atoms with van der Waals surface area (Å²) in [5.74, 6) is -0.196. The molecule has 0 aliphatic rings. The minimum atomic E-state index is -4.49. The lowest BCUT2D eigenvalue weighted by molar-refractivity contribution is -0.137. The SMILES string of the molecule is CCn1c(SCC(=O)Nc2cccc(C(F)(F)F)c2)nnc1[C@H](NC(=O)c1cccc(C)c1)C(C)C. The van der Waals surface area contributed by atoms with Gasteiger partial charge in [0.2, 0.25) is 5.91 Å². The van der Waals surface area contributed by atoms with Crippen LogP contribution in [0.4, 0.5) is 18.9 Å². The van der Waals surface area contributed by atoms with Crippen LogP contribution in [0.25, 0.3) is 0 Å². The van der Waals surface area contributed by atoms with E-state index in [9.17, 15) is 22.8 Å². The topological polar surface area (TPSA) is 88.9 Å². The van der Waals surface area contributed by atoms with Crippen LogP contribution in [0.1, 0.15) is 54.1 Å². The first-order valence-corrected chi connectivity index (χ1v) is 12.4. The van der Waals surface area contributed by atoms with Crippen molar-refractivity contribution in [3.8, 4) is 0 Å². The van der Waals surface area contributed by atoms with Crippen LogP contribution in [0.5, 0.6) is 0 Å². The van der Waals surface area contributed by atoms with E-state index in [4.69, 9.17) is 0 Å². The van der Waals surface area contributed by atoms with Gasteiger partial charge in [-0.3, -0.25) is 9.59 Å². The van der Waals surface area contributed by atoms with E-state index in [0.717, 1.165) is 29.5 Å². The van der Waals surface area contributed by atoms with Crippen molar-refractivity contribution in [3.05, 3.63) is 71.0 Å². The molecule has 1 aromatic heterocycles. The summed E-state index contributed by atoms with van der Waals surface area (Å²) in [6, 6.07) is 11.3. The Morgan fingerprint density at radius 3 is 2.44 bits per heavy atom. The van der Waals surface area contributed by atoms with Crippen LogP contribution in [0.15, 0.2) is 53.7 Å². The second kappa shape index (κ2) is 11.6. The predicted octanol–water partition coefficient (Wildman–Crippen LogP) is 5.48. The van der Waals surface area contributed by atoms with Gasteiger partial charge in [-0.25, -0.2) is 0 Å². The molecular weight excluding hydrogens is 491 g/mol. The van der Waals surface area contributed by atoms with Gasteiger partial charge in [-0.2, -0.15) is 13.2 Å². The third-order valence-electron chi connectivity index (χ3n) is 5.38. The molecule has 7 nitrogen and oxygen atoms in total. The van der Waals surface area contributed by atoms with Crippen LogP contribution in [0, 0.1) is 12.8 Å². The van der Waals surface area contributed by atoms with Gasteiger partial charge < -0.3 is 15.2 Å². The Morgan fingerprint density at radius 2 is 1.81 bits per heavy atom. The number of nitrogens with one attached hydrogen (secondary N) is 2. The lowest BCUT2D eigenvalue weighted by Gasteiger charge is -2.22. The first kappa shape index (κ1) is 27.3. The highest BCUT2D eigenvalue weighted by Gasteiger charge is 2.30. The van der Waals surface area contributed by atoms with Crippen molar-refractivity contribution in [2.45, 2.75) is 51.6 Å². The van der Waals surface area contributed by atoms with Gasteiger partial charge in [0.05, 0.1) is 17.4 Å². The minimum Gasteiger partial charge on any atom is -0.342 e. The van der Waals surface area contributed by atoms with E-state index in [-0.39, 0.29) is 23.3 Å². The first-order chi connectivity index (χ1) is 17.0. The van der Waals surface area contributed by atoms with Crippen molar-refractivity contribution in [3.63, 3.8) is 0 Å². The molecule has 3 rings (SSSR count). The summed E-state index contributed by atoms with van der Waals surface area (Å²) in [7, 11) is 0. The molecule has 0 aliphatic carbocycles. The maximum Gasteiger partial charge on any atom is 0.416 e. The number of anilines is 1. The van der Waals surface area contributed by atoms with Gasteiger partial charge in [-0.1, -0.05) is 49.4 Å². The Morgan fingerprint density at radius 1 is 1.08 bits per heavy atom. The molecule has 0 unspecified atom stereocenters. The lowest BCUT2D eigenvalue weighted by atomic mass is 10.0. The highest BCUT2D eigenvalue weighted by molar-refractivity contribution is 7.99. The number of hydrogen-bond acceptors (Lipinski definition) is 5. The second-order valence-corrected chi connectivity index (χ2v) is 9.51. The van der Waals surface area contributed by atoms with E-state index in [2.05, 4.69) is 20.8 Å². The normalized spacial score (nSPS) is 12.4. The zero-order chi connectivity index (χ0) is 26.5. The molecule has 2 N–H and O–H groups in total. The number of rotatable bonds is 9. The maximum atomic E-state index is 12.9. The highest BCUT2D eigenvalue weighted by atomic mass is 32.2. The lowest BCUT2D eigenvalue weighted by Crippen LogP contribution is -2.33. The summed E-state index contributed by atoms with van der Waals surface area (Å²) in [5, 5.41) is 14.5. The van der Waals surface area contributed by atoms with Crippen molar-refractivity contribution in [2.24, 2.45) is 5.92 Å². The number of alkyl halides is 3. The average Bonchev–Trinajstić information content (AvgIpc) is 3.23. The van der Waals surface area contributed by atoms with Gasteiger partial charge in [-0.15, -0.1) is 10.2 Å². The number of amides is 2. The molecule has 192 valence electrons. The molecule has 0 fully saturated rings. The molecular formula is C25H28F3N5O2S. The van der Waals surface area contributed by atoms with E-state index in [1.807, 2.05) is 50.5 Å². The van der Waals surface area contributed by atoms with Gasteiger partial charge >= 0.3 is 6.18 Å². The Kier molecular flexibility index (Phi) is 8.78. The Hall–Kier alpha value is -3.34. The van der Waals surface area contributed by atoms with Crippen molar-refractivity contribution in [1.82, 2.24) is 20.1 Å². The number of benzene rings is 2. The molecule has 1 atom stereocenters. The fraction of sp³-hybridized carbons (Fsp3) is 0.360. The fourth-order valence-corrected chi connectivity index (χ4v) is 4.38. The number of aromatic nitrogens is 3. The second-order valence-electron chi connectivity index (χ2n) is 8.57. The quantitative estimate of drug-likeness (QED) is 0.366. The van der Waals surface area contributed by atoms with Crippen LogP contribution in [-0.4, -0.2) is 32.3 Å². The summed E-state index contributed by atoms with van der Waals surface area (Å²) >= 11 is 1.12. The highest BCUT2D eigenvalue weighted by Crippen LogP contribution is 2.31. The molecule has 2 amide bonds. The fourth-order valence-electron chi connectivity index (χ4n) is 3.57. The van der Waals surface area contributed by atoms with Crippen LogP contribution >= 0.6 is 11.8 Å². The number of carbonyl (C=O) groups excluding carboxylic acids is 2. The molecule has 0 saturated carbocycles. The number of nitrogens with zero attached hydrogens (tertiary/aromatic N) is 3. The first-order valence-electron chi connectivity index (χ1n) is 11.4. The molecule has 0 saturated heterocycles. The molecule has 1 heterocycles. The third kappa shape index (κ3) is 6.87. The summed E-state index contributed by atoms with van der Waals surface area (Å²) in [6.45, 7) is 8.25. The average molecular weight is 520 g/mol. The van der Waals surface area contributed by atoms with Gasteiger partial charge in [-0.05, 0) is 50.1 Å². The van der Waals surface area contributed by atoms with Crippen LogP contribution < -0.4 is 10.6 Å². The standard InChI is InChI=1S/C25H28F3N5O2S/c1-5-33-22(21(15(2)3)30-23(35)17-9-6-8-16(4)12-17)31-32-24(33)36-14-20(34)29-19-11-7-10-18(13-19)25(26,27)28/h6-13,15,21H,5,14H2,1-4H3,(H,29,34)(H,30,35)/t21-/m1/s1. The summed E-state index contributed by atoms with van der Waals surface area (Å²) in [5.41, 5.74) is 0.745. The number of hydrogen-bond donors (Lipinski definition) is 2. The third-order valence-corrected chi connectivity index (χ3v) is 6.35.